The first kappa shape index (κ1) is 21.9. The van der Waals surface area contributed by atoms with Crippen LogP contribution in [-0.4, -0.2) is 22.6 Å². The van der Waals surface area contributed by atoms with E-state index in [2.05, 4.69) is 16.4 Å². The SMILES string of the molecule is CC(CO)c1cc(F)c(-c2cc(C(N)=O)c(Nc3cccc(C4(C#N)CC4)n3)s2)c(F)c1. The van der Waals surface area contributed by atoms with Gasteiger partial charge in [0.15, 0.2) is 0 Å². The second-order valence-corrected chi connectivity index (χ2v) is 8.94. The number of nitriles is 1. The van der Waals surface area contributed by atoms with Crippen LogP contribution in [0.15, 0.2) is 36.4 Å². The van der Waals surface area contributed by atoms with Crippen LogP contribution in [0.4, 0.5) is 19.6 Å². The van der Waals surface area contributed by atoms with Crippen LogP contribution in [0.5, 0.6) is 0 Å². The standard InChI is InChI=1S/C23H20F2N4O2S/c1-12(10-30)13-7-15(24)20(16(25)8-13)17-9-14(21(27)31)22(32-17)29-19-4-2-3-18(28-19)23(11-26)5-6-23/h2-4,7-9,12,30H,5-6,10H2,1H3,(H2,27,31)(H,28,29). The number of benzene rings is 1. The molecule has 4 rings (SSSR count). The topological polar surface area (TPSA) is 112 Å². The molecule has 9 heteroatoms. The molecule has 4 N–H and O–H groups in total. The van der Waals surface area contributed by atoms with Crippen molar-refractivity contribution in [1.82, 2.24) is 4.98 Å². The quantitative estimate of drug-likeness (QED) is 0.484. The molecular formula is C23H20F2N4O2S. The molecule has 0 aliphatic heterocycles. The Bertz CT molecular complexity index is 1220. The molecule has 0 radical (unpaired) electrons. The van der Waals surface area contributed by atoms with Gasteiger partial charge in [-0.05, 0) is 48.7 Å². The van der Waals surface area contributed by atoms with Crippen LogP contribution in [-0.2, 0) is 5.41 Å². The monoisotopic (exact) mass is 454 g/mol. The molecule has 1 fully saturated rings. The minimum Gasteiger partial charge on any atom is -0.396 e. The summed E-state index contributed by atoms with van der Waals surface area (Å²) in [6, 6.07) is 11.2. The number of hydrogen-bond acceptors (Lipinski definition) is 6. The Kier molecular flexibility index (Phi) is 5.67. The summed E-state index contributed by atoms with van der Waals surface area (Å²) >= 11 is 0.973. The Morgan fingerprint density at radius 2 is 2.03 bits per heavy atom. The lowest BCUT2D eigenvalue weighted by molar-refractivity contribution is 0.100. The van der Waals surface area contributed by atoms with Crippen LogP contribution in [0.2, 0.25) is 0 Å². The van der Waals surface area contributed by atoms with Crippen LogP contribution in [0.25, 0.3) is 10.4 Å². The van der Waals surface area contributed by atoms with Crippen molar-refractivity contribution in [3.63, 3.8) is 0 Å². The van der Waals surface area contributed by atoms with Crippen molar-refractivity contribution < 1.29 is 18.7 Å². The zero-order chi connectivity index (χ0) is 23.0. The summed E-state index contributed by atoms with van der Waals surface area (Å²) in [5.74, 6) is -2.37. The highest BCUT2D eigenvalue weighted by Crippen LogP contribution is 2.47. The summed E-state index contributed by atoms with van der Waals surface area (Å²) in [4.78, 5) is 16.7. The van der Waals surface area contributed by atoms with Crippen molar-refractivity contribution >= 4 is 28.1 Å². The highest BCUT2D eigenvalue weighted by atomic mass is 32.1. The molecule has 3 aromatic rings. The maximum absolute atomic E-state index is 14.8. The Balaban J connectivity index is 1.71. The molecule has 164 valence electrons. The van der Waals surface area contributed by atoms with Crippen molar-refractivity contribution in [3.05, 3.63) is 64.9 Å². The molecule has 6 nitrogen and oxygen atoms in total. The van der Waals surface area contributed by atoms with Crippen molar-refractivity contribution in [2.24, 2.45) is 5.73 Å². The second kappa shape index (κ2) is 8.30. The van der Waals surface area contributed by atoms with Gasteiger partial charge < -0.3 is 16.2 Å². The van der Waals surface area contributed by atoms with Crippen LogP contribution < -0.4 is 11.1 Å². The van der Waals surface area contributed by atoms with Gasteiger partial charge in [0.1, 0.15) is 22.5 Å². The summed E-state index contributed by atoms with van der Waals surface area (Å²) in [5.41, 5.74) is 5.69. The summed E-state index contributed by atoms with van der Waals surface area (Å²) < 4.78 is 29.6. The number of aliphatic hydroxyl groups is 1. The molecule has 0 saturated heterocycles. The van der Waals surface area contributed by atoms with E-state index in [0.29, 0.717) is 22.1 Å². The molecule has 1 atom stereocenters. The number of aliphatic hydroxyl groups excluding tert-OH is 1. The Labute approximate surface area is 187 Å². The van der Waals surface area contributed by atoms with E-state index in [0.717, 1.165) is 24.2 Å². The van der Waals surface area contributed by atoms with Gasteiger partial charge in [-0.2, -0.15) is 5.26 Å². The van der Waals surface area contributed by atoms with E-state index < -0.39 is 28.9 Å². The Morgan fingerprint density at radius 1 is 1.34 bits per heavy atom. The van der Waals surface area contributed by atoms with Gasteiger partial charge in [-0.25, -0.2) is 13.8 Å². The van der Waals surface area contributed by atoms with Gasteiger partial charge in [-0.1, -0.05) is 13.0 Å². The average Bonchev–Trinajstić information content (AvgIpc) is 3.47. The first-order valence-electron chi connectivity index (χ1n) is 9.97. The lowest BCUT2D eigenvalue weighted by Crippen LogP contribution is -2.12. The van der Waals surface area contributed by atoms with Gasteiger partial charge in [0, 0.05) is 17.4 Å². The fourth-order valence-corrected chi connectivity index (χ4v) is 4.56. The first-order valence-corrected chi connectivity index (χ1v) is 10.8. The number of nitrogens with two attached hydrogens (primary N) is 1. The fourth-order valence-electron chi connectivity index (χ4n) is 3.45. The first-order chi connectivity index (χ1) is 15.3. The predicted molar refractivity (Wildman–Crippen MR) is 118 cm³/mol. The number of anilines is 2. The minimum absolute atomic E-state index is 0.0743. The summed E-state index contributed by atoms with van der Waals surface area (Å²) in [6.07, 6.45) is 1.47. The number of halogens is 2. The van der Waals surface area contributed by atoms with E-state index >= 15 is 0 Å². The molecule has 1 amide bonds. The zero-order valence-corrected chi connectivity index (χ0v) is 18.0. The van der Waals surface area contributed by atoms with E-state index in [1.54, 1.807) is 25.1 Å². The van der Waals surface area contributed by atoms with Gasteiger partial charge in [-0.15, -0.1) is 11.3 Å². The van der Waals surface area contributed by atoms with Gasteiger partial charge in [-0.3, -0.25) is 4.79 Å². The molecule has 32 heavy (non-hydrogen) atoms. The molecule has 2 heterocycles. The Morgan fingerprint density at radius 3 is 2.59 bits per heavy atom. The lowest BCUT2D eigenvalue weighted by Gasteiger charge is -2.11. The molecule has 1 saturated carbocycles. The normalized spacial score (nSPS) is 15.1. The summed E-state index contributed by atoms with van der Waals surface area (Å²) in [5, 5.41) is 22.0. The number of hydrogen-bond donors (Lipinski definition) is 3. The van der Waals surface area contributed by atoms with Crippen LogP contribution in [0.3, 0.4) is 0 Å². The van der Waals surface area contributed by atoms with Crippen molar-refractivity contribution in [1.29, 1.82) is 5.26 Å². The third kappa shape index (κ3) is 3.95. The number of rotatable bonds is 7. The molecule has 1 aliphatic rings. The van der Waals surface area contributed by atoms with Gasteiger partial charge in [0.05, 0.1) is 28.3 Å². The maximum Gasteiger partial charge on any atom is 0.251 e. The second-order valence-electron chi connectivity index (χ2n) is 7.89. The van der Waals surface area contributed by atoms with Crippen LogP contribution >= 0.6 is 11.3 Å². The highest BCUT2D eigenvalue weighted by molar-refractivity contribution is 7.20. The lowest BCUT2D eigenvalue weighted by atomic mass is 9.99. The molecule has 0 spiro atoms. The third-order valence-electron chi connectivity index (χ3n) is 5.60. The number of nitrogens with one attached hydrogen (secondary N) is 1. The largest absolute Gasteiger partial charge is 0.396 e. The molecule has 2 aromatic heterocycles. The molecule has 1 aromatic carbocycles. The van der Waals surface area contributed by atoms with Crippen LogP contribution in [0.1, 0.15) is 47.3 Å². The number of primary amides is 1. The fraction of sp³-hybridized carbons (Fsp3) is 0.261. The summed E-state index contributed by atoms with van der Waals surface area (Å²) in [6.45, 7) is 1.42. The van der Waals surface area contributed by atoms with E-state index in [9.17, 15) is 23.9 Å². The molecule has 1 unspecified atom stereocenters. The Hall–Kier alpha value is -3.35. The number of pyridine rings is 1. The van der Waals surface area contributed by atoms with E-state index in [1.165, 1.54) is 18.2 Å². The van der Waals surface area contributed by atoms with Gasteiger partial charge in [0.25, 0.3) is 5.91 Å². The molecule has 1 aliphatic carbocycles. The van der Waals surface area contributed by atoms with Gasteiger partial charge >= 0.3 is 0 Å². The number of nitrogens with zero attached hydrogens (tertiary/aromatic N) is 2. The number of carbonyl (C=O) groups is 1. The molecular weight excluding hydrogens is 434 g/mol. The zero-order valence-electron chi connectivity index (χ0n) is 17.2. The number of amides is 1. The van der Waals surface area contributed by atoms with Crippen molar-refractivity contribution in [3.8, 4) is 16.5 Å². The highest BCUT2D eigenvalue weighted by Gasteiger charge is 2.46. The summed E-state index contributed by atoms with van der Waals surface area (Å²) in [7, 11) is 0. The maximum atomic E-state index is 14.8. The number of carbonyl (C=O) groups excluding carboxylic acids is 1. The third-order valence-corrected chi connectivity index (χ3v) is 6.66. The van der Waals surface area contributed by atoms with E-state index in [-0.39, 0.29) is 22.6 Å². The average molecular weight is 455 g/mol. The van der Waals surface area contributed by atoms with Crippen molar-refractivity contribution in [2.45, 2.75) is 31.1 Å². The number of aromatic nitrogens is 1. The minimum atomic E-state index is -0.797. The van der Waals surface area contributed by atoms with E-state index in [4.69, 9.17) is 5.73 Å². The van der Waals surface area contributed by atoms with Crippen molar-refractivity contribution in [2.75, 3.05) is 11.9 Å². The predicted octanol–water partition coefficient (Wildman–Crippen LogP) is 4.58. The van der Waals surface area contributed by atoms with Gasteiger partial charge in [0.2, 0.25) is 0 Å². The van der Waals surface area contributed by atoms with Crippen LogP contribution in [0, 0.1) is 23.0 Å². The molecule has 0 bridgehead atoms. The number of thiophene rings is 1. The smallest absolute Gasteiger partial charge is 0.251 e. The van der Waals surface area contributed by atoms with E-state index in [1.807, 2.05) is 0 Å².